The van der Waals surface area contributed by atoms with Crippen LogP contribution in [0.2, 0.25) is 0 Å². The van der Waals surface area contributed by atoms with Crippen molar-refractivity contribution in [3.63, 3.8) is 0 Å². The molecule has 1 amide bonds. The maximum atomic E-state index is 12.9. The average molecular weight is 420 g/mol. The van der Waals surface area contributed by atoms with Crippen LogP contribution in [0.4, 0.5) is 5.69 Å². The number of aryl methyl sites for hydroxylation is 1. The van der Waals surface area contributed by atoms with E-state index in [0.29, 0.717) is 12.1 Å². The Morgan fingerprint density at radius 2 is 1.79 bits per heavy atom. The lowest BCUT2D eigenvalue weighted by Crippen LogP contribution is -2.24. The van der Waals surface area contributed by atoms with Crippen molar-refractivity contribution in [1.82, 2.24) is 5.32 Å². The first kappa shape index (κ1) is 22.2. The predicted molar refractivity (Wildman–Crippen MR) is 109 cm³/mol. The number of benzene rings is 2. The number of hydrogen-bond donors (Lipinski definition) is 2. The molecule has 0 saturated heterocycles. The van der Waals surface area contributed by atoms with Crippen LogP contribution >= 0.6 is 0 Å². The van der Waals surface area contributed by atoms with E-state index < -0.39 is 21.9 Å². The molecule has 0 aromatic heterocycles. The van der Waals surface area contributed by atoms with Gasteiger partial charge in [-0.15, -0.1) is 0 Å². The van der Waals surface area contributed by atoms with Gasteiger partial charge >= 0.3 is 5.97 Å². The zero-order valence-electron chi connectivity index (χ0n) is 16.7. The number of carbonyl (C=O) groups is 2. The smallest absolute Gasteiger partial charge is 0.338 e. The fourth-order valence-corrected chi connectivity index (χ4v) is 3.71. The van der Waals surface area contributed by atoms with E-state index in [4.69, 9.17) is 9.47 Å². The molecule has 2 aromatic rings. The molecule has 0 atom stereocenters. The molecule has 156 valence electrons. The maximum absolute atomic E-state index is 12.9. The minimum atomic E-state index is -4.02. The molecule has 0 heterocycles. The van der Waals surface area contributed by atoms with Gasteiger partial charge in [-0.3, -0.25) is 9.52 Å². The summed E-state index contributed by atoms with van der Waals surface area (Å²) in [5, 5.41) is 2.62. The van der Waals surface area contributed by atoms with E-state index in [0.717, 1.165) is 0 Å². The van der Waals surface area contributed by atoms with Gasteiger partial charge < -0.3 is 14.8 Å². The van der Waals surface area contributed by atoms with Crippen molar-refractivity contribution in [3.05, 3.63) is 53.1 Å². The van der Waals surface area contributed by atoms with Crippen LogP contribution in [0.5, 0.6) is 5.75 Å². The number of methoxy groups -OCH3 is 1. The van der Waals surface area contributed by atoms with Crippen molar-refractivity contribution in [2.24, 2.45) is 0 Å². The molecular formula is C20H24N2O6S. The summed E-state index contributed by atoms with van der Waals surface area (Å²) in [7, 11) is -2.63. The SMILES string of the molecule is CCNC(=O)c1cc(S(=O)(=O)Nc2cc(C(=O)OCC)ccc2C)ccc1OC. The van der Waals surface area contributed by atoms with Gasteiger partial charge in [0.2, 0.25) is 0 Å². The van der Waals surface area contributed by atoms with E-state index in [1.54, 1.807) is 32.9 Å². The topological polar surface area (TPSA) is 111 Å². The van der Waals surface area contributed by atoms with Crippen LogP contribution in [0.3, 0.4) is 0 Å². The molecule has 0 radical (unpaired) electrons. The van der Waals surface area contributed by atoms with Gasteiger partial charge in [0.05, 0.1) is 35.4 Å². The second-order valence-electron chi connectivity index (χ2n) is 6.08. The molecule has 2 rings (SSSR count). The summed E-state index contributed by atoms with van der Waals surface area (Å²) in [6.45, 7) is 5.75. The normalized spacial score (nSPS) is 10.9. The Bertz CT molecular complexity index is 1020. The first-order valence-corrected chi connectivity index (χ1v) is 10.5. The van der Waals surface area contributed by atoms with Crippen LogP contribution in [-0.2, 0) is 14.8 Å². The van der Waals surface area contributed by atoms with E-state index in [-0.39, 0.29) is 34.1 Å². The van der Waals surface area contributed by atoms with Gasteiger partial charge in [0.1, 0.15) is 5.75 Å². The highest BCUT2D eigenvalue weighted by molar-refractivity contribution is 7.92. The number of hydrogen-bond acceptors (Lipinski definition) is 6. The highest BCUT2D eigenvalue weighted by atomic mass is 32.2. The molecular weight excluding hydrogens is 396 g/mol. The largest absolute Gasteiger partial charge is 0.496 e. The molecule has 0 spiro atoms. The van der Waals surface area contributed by atoms with Gasteiger partial charge in [-0.05, 0) is 56.7 Å². The van der Waals surface area contributed by atoms with Gasteiger partial charge in [-0.25, -0.2) is 13.2 Å². The van der Waals surface area contributed by atoms with Gasteiger partial charge in [-0.1, -0.05) is 6.07 Å². The summed E-state index contributed by atoms with van der Waals surface area (Å²) < 4.78 is 38.4. The number of carbonyl (C=O) groups excluding carboxylic acids is 2. The summed E-state index contributed by atoms with van der Waals surface area (Å²) in [6.07, 6.45) is 0. The standard InChI is InChI=1S/C20H24N2O6S/c1-5-21-19(23)16-12-15(9-10-18(16)27-4)29(25,26)22-17-11-14(8-7-13(17)3)20(24)28-6-2/h7-12,22H,5-6H2,1-4H3,(H,21,23). The lowest BCUT2D eigenvalue weighted by molar-refractivity contribution is 0.0526. The summed E-state index contributed by atoms with van der Waals surface area (Å²) in [5.41, 5.74) is 1.20. The minimum Gasteiger partial charge on any atom is -0.496 e. The second kappa shape index (κ2) is 9.42. The second-order valence-corrected chi connectivity index (χ2v) is 7.76. The van der Waals surface area contributed by atoms with Gasteiger partial charge in [-0.2, -0.15) is 0 Å². The third-order valence-electron chi connectivity index (χ3n) is 4.06. The van der Waals surface area contributed by atoms with Crippen molar-refractivity contribution in [2.75, 3.05) is 25.0 Å². The fraction of sp³-hybridized carbons (Fsp3) is 0.300. The maximum Gasteiger partial charge on any atom is 0.338 e. The summed E-state index contributed by atoms with van der Waals surface area (Å²) in [4.78, 5) is 24.1. The van der Waals surface area contributed by atoms with Gasteiger partial charge in [0.25, 0.3) is 15.9 Å². The van der Waals surface area contributed by atoms with Crippen LogP contribution in [0.25, 0.3) is 0 Å². The third-order valence-corrected chi connectivity index (χ3v) is 5.42. The number of rotatable bonds is 8. The molecule has 0 aliphatic rings. The highest BCUT2D eigenvalue weighted by Gasteiger charge is 2.21. The van der Waals surface area contributed by atoms with E-state index >= 15 is 0 Å². The molecule has 0 aliphatic carbocycles. The number of nitrogens with one attached hydrogen (secondary N) is 2. The first-order valence-electron chi connectivity index (χ1n) is 9.00. The Kier molecular flexibility index (Phi) is 7.22. The fourth-order valence-electron chi connectivity index (χ4n) is 2.56. The quantitative estimate of drug-likeness (QED) is 0.636. The Morgan fingerprint density at radius 1 is 1.07 bits per heavy atom. The molecule has 2 N–H and O–H groups in total. The predicted octanol–water partition coefficient (Wildman–Crippen LogP) is 2.73. The lowest BCUT2D eigenvalue weighted by Gasteiger charge is -2.14. The molecule has 0 unspecified atom stereocenters. The van der Waals surface area contributed by atoms with Crippen LogP contribution in [-0.4, -0.2) is 40.6 Å². The minimum absolute atomic E-state index is 0.106. The molecule has 0 aliphatic heterocycles. The molecule has 0 saturated carbocycles. The van der Waals surface area contributed by atoms with Crippen molar-refractivity contribution in [2.45, 2.75) is 25.7 Å². The Hall–Kier alpha value is -3.07. The monoisotopic (exact) mass is 420 g/mol. The molecule has 0 fully saturated rings. The Labute approximate surface area is 170 Å². The number of esters is 1. The zero-order chi connectivity index (χ0) is 21.6. The highest BCUT2D eigenvalue weighted by Crippen LogP contribution is 2.26. The molecule has 9 heteroatoms. The number of sulfonamides is 1. The molecule has 29 heavy (non-hydrogen) atoms. The van der Waals surface area contributed by atoms with E-state index in [1.807, 2.05) is 0 Å². The number of amides is 1. The first-order chi connectivity index (χ1) is 13.7. The molecule has 0 bridgehead atoms. The third kappa shape index (κ3) is 5.26. The van der Waals surface area contributed by atoms with Crippen molar-refractivity contribution >= 4 is 27.6 Å². The zero-order valence-corrected chi connectivity index (χ0v) is 17.6. The molecule has 2 aromatic carbocycles. The Morgan fingerprint density at radius 3 is 2.41 bits per heavy atom. The summed E-state index contributed by atoms with van der Waals surface area (Å²) in [6, 6.07) is 8.61. The summed E-state index contributed by atoms with van der Waals surface area (Å²) >= 11 is 0. The van der Waals surface area contributed by atoms with Crippen LogP contribution in [0.1, 0.15) is 40.1 Å². The average Bonchev–Trinajstić information content (AvgIpc) is 2.69. The number of anilines is 1. The van der Waals surface area contributed by atoms with Gasteiger partial charge in [0.15, 0.2) is 0 Å². The van der Waals surface area contributed by atoms with E-state index in [9.17, 15) is 18.0 Å². The van der Waals surface area contributed by atoms with Crippen molar-refractivity contribution < 1.29 is 27.5 Å². The van der Waals surface area contributed by atoms with Crippen LogP contribution in [0.15, 0.2) is 41.3 Å². The Balaban J connectivity index is 2.41. The van der Waals surface area contributed by atoms with Crippen molar-refractivity contribution in [1.29, 1.82) is 0 Å². The van der Waals surface area contributed by atoms with Crippen LogP contribution < -0.4 is 14.8 Å². The van der Waals surface area contributed by atoms with E-state index in [2.05, 4.69) is 10.0 Å². The van der Waals surface area contributed by atoms with Crippen LogP contribution in [0, 0.1) is 6.92 Å². The summed E-state index contributed by atoms with van der Waals surface area (Å²) in [5.74, 6) is -0.729. The van der Waals surface area contributed by atoms with E-state index in [1.165, 1.54) is 31.4 Å². The molecule has 8 nitrogen and oxygen atoms in total. The van der Waals surface area contributed by atoms with Crippen molar-refractivity contribution in [3.8, 4) is 5.75 Å². The van der Waals surface area contributed by atoms with Gasteiger partial charge in [0, 0.05) is 6.54 Å². The lowest BCUT2D eigenvalue weighted by atomic mass is 10.1. The number of ether oxygens (including phenoxy) is 2.